The van der Waals surface area contributed by atoms with Crippen molar-refractivity contribution in [3.05, 3.63) is 59.9 Å². The minimum Gasteiger partial charge on any atom is -0.497 e. The van der Waals surface area contributed by atoms with Gasteiger partial charge in [0.2, 0.25) is 0 Å². The lowest BCUT2D eigenvalue weighted by atomic mass is 10.1. The molecule has 24 heavy (non-hydrogen) atoms. The van der Waals surface area contributed by atoms with Crippen molar-refractivity contribution in [3.8, 4) is 17.1 Å². The number of furan rings is 1. The van der Waals surface area contributed by atoms with E-state index in [4.69, 9.17) is 9.15 Å². The second-order valence-electron chi connectivity index (χ2n) is 5.76. The Labute approximate surface area is 139 Å². The molecule has 4 aromatic rings. The third kappa shape index (κ3) is 2.19. The lowest BCUT2D eigenvalue weighted by molar-refractivity contribution is 0.111. The van der Waals surface area contributed by atoms with Crippen LogP contribution in [0.25, 0.3) is 27.8 Å². The minimum atomic E-state index is 0.603. The van der Waals surface area contributed by atoms with Gasteiger partial charge in [0.05, 0.1) is 12.8 Å². The largest absolute Gasteiger partial charge is 0.497 e. The molecule has 0 spiro atoms. The fourth-order valence-corrected chi connectivity index (χ4v) is 3.03. The third-order valence-corrected chi connectivity index (χ3v) is 4.38. The highest BCUT2D eigenvalue weighted by Crippen LogP contribution is 2.33. The maximum atomic E-state index is 11.7. The molecular weight excluding hydrogens is 302 g/mol. The predicted molar refractivity (Wildman–Crippen MR) is 93.9 cm³/mol. The number of hydrogen-bond acceptors (Lipinski definition) is 3. The van der Waals surface area contributed by atoms with Crippen molar-refractivity contribution in [2.45, 2.75) is 13.3 Å². The Hall–Kier alpha value is -3.01. The summed E-state index contributed by atoms with van der Waals surface area (Å²) >= 11 is 0. The summed E-state index contributed by atoms with van der Waals surface area (Å²) in [5.41, 5.74) is 4.30. The molecule has 0 radical (unpaired) electrons. The van der Waals surface area contributed by atoms with Gasteiger partial charge in [-0.05, 0) is 42.3 Å². The lowest BCUT2D eigenvalue weighted by Gasteiger charge is -2.01. The summed E-state index contributed by atoms with van der Waals surface area (Å²) in [6, 6.07) is 13.7. The summed E-state index contributed by atoms with van der Waals surface area (Å²) in [7, 11) is 1.63. The zero-order valence-electron chi connectivity index (χ0n) is 13.6. The quantitative estimate of drug-likeness (QED) is 0.510. The normalized spacial score (nSPS) is 11.2. The van der Waals surface area contributed by atoms with Gasteiger partial charge in [0.1, 0.15) is 17.1 Å². The number of benzene rings is 1. The van der Waals surface area contributed by atoms with E-state index in [0.717, 1.165) is 40.5 Å². The van der Waals surface area contributed by atoms with Crippen molar-refractivity contribution < 1.29 is 13.9 Å². The van der Waals surface area contributed by atoms with E-state index < -0.39 is 0 Å². The van der Waals surface area contributed by atoms with Gasteiger partial charge < -0.3 is 13.6 Å². The number of methoxy groups -OCH3 is 1. The van der Waals surface area contributed by atoms with Crippen molar-refractivity contribution in [1.29, 1.82) is 0 Å². The van der Waals surface area contributed by atoms with Gasteiger partial charge in [-0.1, -0.05) is 13.0 Å². The van der Waals surface area contributed by atoms with Crippen molar-refractivity contribution >= 4 is 22.8 Å². The molecule has 3 heterocycles. The molecule has 0 aliphatic heterocycles. The molecule has 4 rings (SSSR count). The zero-order valence-corrected chi connectivity index (χ0v) is 13.6. The van der Waals surface area contributed by atoms with E-state index in [1.165, 1.54) is 5.56 Å². The first kappa shape index (κ1) is 14.6. The Morgan fingerprint density at radius 1 is 1.17 bits per heavy atom. The molecule has 1 aromatic carbocycles. The summed E-state index contributed by atoms with van der Waals surface area (Å²) < 4.78 is 13.1. The summed E-state index contributed by atoms with van der Waals surface area (Å²) in [5, 5.41) is 0.979. The maximum Gasteiger partial charge on any atom is 0.167 e. The highest BCUT2D eigenvalue weighted by Gasteiger charge is 2.16. The fourth-order valence-electron chi connectivity index (χ4n) is 3.03. The molecular formula is C20H17NO3. The van der Waals surface area contributed by atoms with Crippen LogP contribution in [0.15, 0.2) is 53.1 Å². The van der Waals surface area contributed by atoms with Crippen LogP contribution in [0.1, 0.15) is 23.0 Å². The van der Waals surface area contributed by atoms with Gasteiger partial charge in [-0.25, -0.2) is 0 Å². The summed E-state index contributed by atoms with van der Waals surface area (Å²) in [6.07, 6.45) is 3.82. The molecule has 0 bridgehead atoms. The van der Waals surface area contributed by atoms with E-state index in [-0.39, 0.29) is 0 Å². The molecule has 0 unspecified atom stereocenters. The Kier molecular flexibility index (Phi) is 3.38. The van der Waals surface area contributed by atoms with E-state index in [9.17, 15) is 4.79 Å². The number of rotatable bonds is 4. The Bertz CT molecular complexity index is 1060. The number of nitrogens with zero attached hydrogens (tertiary/aromatic N) is 1. The number of hydrogen-bond donors (Lipinski definition) is 0. The molecule has 120 valence electrons. The van der Waals surface area contributed by atoms with E-state index in [0.29, 0.717) is 11.5 Å². The van der Waals surface area contributed by atoms with Crippen molar-refractivity contribution in [1.82, 2.24) is 4.40 Å². The molecule has 0 aliphatic rings. The lowest BCUT2D eigenvalue weighted by Crippen LogP contribution is -1.94. The highest BCUT2D eigenvalue weighted by molar-refractivity contribution is 5.92. The minimum absolute atomic E-state index is 0.603. The van der Waals surface area contributed by atoms with Crippen LogP contribution in [0.3, 0.4) is 0 Å². The summed E-state index contributed by atoms with van der Waals surface area (Å²) in [4.78, 5) is 11.7. The predicted octanol–water partition coefficient (Wildman–Crippen LogP) is 4.74. The molecule has 4 nitrogen and oxygen atoms in total. The third-order valence-electron chi connectivity index (χ3n) is 4.38. The van der Waals surface area contributed by atoms with Crippen LogP contribution < -0.4 is 4.74 Å². The van der Waals surface area contributed by atoms with Crippen LogP contribution in [-0.4, -0.2) is 17.8 Å². The molecule has 0 amide bonds. The van der Waals surface area contributed by atoms with E-state index in [2.05, 4.69) is 13.0 Å². The summed E-state index contributed by atoms with van der Waals surface area (Å²) in [5.74, 6) is 1.43. The van der Waals surface area contributed by atoms with Crippen LogP contribution in [-0.2, 0) is 6.42 Å². The summed E-state index contributed by atoms with van der Waals surface area (Å²) in [6.45, 7) is 2.10. The maximum absolute atomic E-state index is 11.7. The average molecular weight is 319 g/mol. The van der Waals surface area contributed by atoms with Gasteiger partial charge in [-0.15, -0.1) is 0 Å². The van der Waals surface area contributed by atoms with Crippen molar-refractivity contribution in [2.75, 3.05) is 7.11 Å². The fraction of sp³-hybridized carbons (Fsp3) is 0.150. The van der Waals surface area contributed by atoms with E-state index in [1.807, 2.05) is 47.0 Å². The number of aryl methyl sites for hydroxylation is 1. The Balaban J connectivity index is 1.93. The molecule has 0 N–H and O–H groups in total. The number of ether oxygens (including phenoxy) is 1. The van der Waals surface area contributed by atoms with Crippen LogP contribution in [0, 0.1) is 0 Å². The van der Waals surface area contributed by atoms with Gasteiger partial charge >= 0.3 is 0 Å². The number of carbonyl (C=O) groups is 1. The van der Waals surface area contributed by atoms with Gasteiger partial charge in [0, 0.05) is 28.7 Å². The molecule has 0 fully saturated rings. The monoisotopic (exact) mass is 319 g/mol. The van der Waals surface area contributed by atoms with E-state index in [1.54, 1.807) is 7.11 Å². The first-order valence-corrected chi connectivity index (χ1v) is 7.90. The second kappa shape index (κ2) is 5.57. The number of aldehydes is 1. The molecule has 0 atom stereocenters. The van der Waals surface area contributed by atoms with Crippen molar-refractivity contribution in [3.63, 3.8) is 0 Å². The number of pyridine rings is 1. The van der Waals surface area contributed by atoms with Crippen LogP contribution in [0.4, 0.5) is 0 Å². The van der Waals surface area contributed by atoms with Gasteiger partial charge in [-0.2, -0.15) is 0 Å². The van der Waals surface area contributed by atoms with Gasteiger partial charge in [0.15, 0.2) is 6.29 Å². The Morgan fingerprint density at radius 3 is 2.79 bits per heavy atom. The van der Waals surface area contributed by atoms with E-state index >= 15 is 0 Å². The number of carbonyl (C=O) groups excluding carboxylic acids is 1. The first-order chi connectivity index (χ1) is 11.7. The van der Waals surface area contributed by atoms with Crippen LogP contribution >= 0.6 is 0 Å². The SMILES string of the molecule is CCc1ccc2cc(-c3cc4ccc(OC)cc4o3)c(C=O)n2c1. The van der Waals surface area contributed by atoms with Gasteiger partial charge in [0.25, 0.3) is 0 Å². The smallest absolute Gasteiger partial charge is 0.167 e. The number of fused-ring (bicyclic) bond motifs is 2. The first-order valence-electron chi connectivity index (χ1n) is 7.90. The topological polar surface area (TPSA) is 43.8 Å². The second-order valence-corrected chi connectivity index (χ2v) is 5.76. The number of aromatic nitrogens is 1. The molecule has 0 saturated carbocycles. The average Bonchev–Trinajstić information content (AvgIpc) is 3.20. The zero-order chi connectivity index (χ0) is 16.7. The van der Waals surface area contributed by atoms with Crippen LogP contribution in [0.2, 0.25) is 0 Å². The molecule has 0 saturated heterocycles. The molecule has 3 aromatic heterocycles. The van der Waals surface area contributed by atoms with Crippen molar-refractivity contribution in [2.24, 2.45) is 0 Å². The molecule has 4 heteroatoms. The van der Waals surface area contributed by atoms with Gasteiger partial charge in [-0.3, -0.25) is 4.79 Å². The Morgan fingerprint density at radius 2 is 2.04 bits per heavy atom. The molecule has 0 aliphatic carbocycles. The standard InChI is InChI=1S/C20H17NO3/c1-3-13-4-6-15-9-17(18(12-22)21(15)11-13)20-8-14-5-7-16(23-2)10-19(14)24-20/h4-12H,3H2,1-2H3. The van der Waals surface area contributed by atoms with Crippen LogP contribution in [0.5, 0.6) is 5.75 Å². The highest BCUT2D eigenvalue weighted by atomic mass is 16.5.